The first-order valence-electron chi connectivity index (χ1n) is 8.16. The molecule has 0 atom stereocenters. The lowest BCUT2D eigenvalue weighted by molar-refractivity contribution is -0.384. The van der Waals surface area contributed by atoms with Gasteiger partial charge in [0, 0.05) is 22.2 Å². The number of rotatable bonds is 9. The zero-order chi connectivity index (χ0) is 20.8. The Hall–Kier alpha value is -2.92. The van der Waals surface area contributed by atoms with Gasteiger partial charge in [-0.15, -0.1) is 10.2 Å². The number of nitro benzene ring substituents is 1. The average molecular weight is 480 g/mol. The maximum Gasteiger partial charge on any atom is 0.277 e. The summed E-state index contributed by atoms with van der Waals surface area (Å²) in [5.41, 5.74) is 0.0565. The van der Waals surface area contributed by atoms with E-state index in [2.05, 4.69) is 26.1 Å². The first-order chi connectivity index (χ1) is 14.0. The van der Waals surface area contributed by atoms with E-state index in [4.69, 9.17) is 13.9 Å². The van der Waals surface area contributed by atoms with E-state index in [0.717, 1.165) is 11.8 Å². The Labute approximate surface area is 177 Å². The number of nitro groups is 1. The van der Waals surface area contributed by atoms with Gasteiger partial charge < -0.3 is 13.9 Å². The number of Topliss-reactive ketones (excluding diaryl/α,β-unsaturated/α-hetero) is 1. The number of non-ortho nitro benzene ring substituents is 1. The molecule has 0 radical (unpaired) electrons. The molecular weight excluding hydrogens is 466 g/mol. The largest absolute Gasteiger partial charge is 0.493 e. The number of carbonyl (C=O) groups is 1. The summed E-state index contributed by atoms with van der Waals surface area (Å²) in [7, 11) is 1.54. The van der Waals surface area contributed by atoms with E-state index >= 15 is 0 Å². The third-order valence-corrected chi connectivity index (χ3v) is 5.17. The summed E-state index contributed by atoms with van der Waals surface area (Å²) < 4.78 is 16.7. The summed E-state index contributed by atoms with van der Waals surface area (Å²) >= 11 is 4.27. The van der Waals surface area contributed by atoms with Gasteiger partial charge in [-0.25, -0.2) is 0 Å². The van der Waals surface area contributed by atoms with E-state index in [1.165, 1.54) is 18.2 Å². The van der Waals surface area contributed by atoms with Crippen molar-refractivity contribution in [1.82, 2.24) is 10.2 Å². The first kappa shape index (κ1) is 20.8. The molecule has 0 saturated carbocycles. The Morgan fingerprint density at radius 2 is 2.00 bits per heavy atom. The van der Waals surface area contributed by atoms with Crippen LogP contribution in [0, 0.1) is 10.1 Å². The van der Waals surface area contributed by atoms with Crippen molar-refractivity contribution in [3.05, 3.63) is 68.5 Å². The molecule has 0 aliphatic heterocycles. The highest BCUT2D eigenvalue weighted by atomic mass is 79.9. The number of carbonyl (C=O) groups excluding carboxylic acids is 1. The fourth-order valence-corrected chi connectivity index (χ4v) is 3.41. The molecule has 2 aromatic carbocycles. The van der Waals surface area contributed by atoms with Crippen LogP contribution in [0.25, 0.3) is 0 Å². The fraction of sp³-hybridized carbons (Fsp3) is 0.167. The molecule has 0 aliphatic rings. The van der Waals surface area contributed by atoms with Crippen molar-refractivity contribution >= 4 is 39.2 Å². The monoisotopic (exact) mass is 479 g/mol. The van der Waals surface area contributed by atoms with Crippen molar-refractivity contribution in [2.75, 3.05) is 12.9 Å². The minimum atomic E-state index is -0.553. The van der Waals surface area contributed by atoms with E-state index in [9.17, 15) is 14.9 Å². The summed E-state index contributed by atoms with van der Waals surface area (Å²) in [6.07, 6.45) is 0. The molecule has 0 amide bonds. The van der Waals surface area contributed by atoms with Gasteiger partial charge in [0.25, 0.3) is 16.8 Å². The summed E-state index contributed by atoms with van der Waals surface area (Å²) in [5, 5.41) is 18.8. The van der Waals surface area contributed by atoms with Gasteiger partial charge in [0.15, 0.2) is 23.9 Å². The molecular formula is C18H14BrN3O6S. The summed E-state index contributed by atoms with van der Waals surface area (Å²) in [6.45, 7) is 0.0400. The lowest BCUT2D eigenvalue weighted by atomic mass is 10.1. The summed E-state index contributed by atoms with van der Waals surface area (Å²) in [6, 6.07) is 11.2. The Balaban J connectivity index is 1.59. The highest BCUT2D eigenvalue weighted by Gasteiger charge is 2.17. The normalized spacial score (nSPS) is 10.6. The smallest absolute Gasteiger partial charge is 0.277 e. The van der Waals surface area contributed by atoms with Crippen LogP contribution in [0.15, 0.2) is 56.6 Å². The number of ether oxygens (including phenoxy) is 2. The van der Waals surface area contributed by atoms with Crippen LogP contribution in [0.3, 0.4) is 0 Å². The van der Waals surface area contributed by atoms with Crippen LogP contribution in [-0.4, -0.2) is 33.8 Å². The van der Waals surface area contributed by atoms with Crippen LogP contribution in [0.2, 0.25) is 0 Å². The van der Waals surface area contributed by atoms with E-state index in [1.807, 2.05) is 12.1 Å². The maximum absolute atomic E-state index is 12.4. The van der Waals surface area contributed by atoms with Gasteiger partial charge in [0.2, 0.25) is 0 Å². The maximum atomic E-state index is 12.4. The number of halogens is 1. The quantitative estimate of drug-likeness (QED) is 0.191. The van der Waals surface area contributed by atoms with E-state index in [-0.39, 0.29) is 40.5 Å². The number of ketones is 1. The van der Waals surface area contributed by atoms with Gasteiger partial charge in [0.1, 0.15) is 0 Å². The molecule has 3 aromatic rings. The Morgan fingerprint density at radius 3 is 2.72 bits per heavy atom. The molecule has 0 spiro atoms. The zero-order valence-corrected chi connectivity index (χ0v) is 17.4. The average Bonchev–Trinajstić information content (AvgIpc) is 3.18. The lowest BCUT2D eigenvalue weighted by Gasteiger charge is -2.07. The number of methoxy groups -OCH3 is 1. The van der Waals surface area contributed by atoms with Crippen LogP contribution < -0.4 is 9.47 Å². The number of hydrogen-bond donors (Lipinski definition) is 0. The lowest BCUT2D eigenvalue weighted by Crippen LogP contribution is -2.04. The molecule has 29 heavy (non-hydrogen) atoms. The highest BCUT2D eigenvalue weighted by Crippen LogP contribution is 2.28. The Morgan fingerprint density at radius 1 is 1.24 bits per heavy atom. The van der Waals surface area contributed by atoms with Crippen LogP contribution in [0.1, 0.15) is 16.2 Å². The van der Waals surface area contributed by atoms with E-state index < -0.39 is 4.92 Å². The Kier molecular flexibility index (Phi) is 6.83. The van der Waals surface area contributed by atoms with Gasteiger partial charge in [-0.05, 0) is 18.2 Å². The molecule has 11 heteroatoms. The van der Waals surface area contributed by atoms with Gasteiger partial charge in [-0.3, -0.25) is 14.9 Å². The third-order valence-electron chi connectivity index (χ3n) is 3.66. The molecule has 1 aromatic heterocycles. The molecule has 0 fully saturated rings. The summed E-state index contributed by atoms with van der Waals surface area (Å²) in [5.74, 6) is 1.02. The van der Waals surface area contributed by atoms with Crippen LogP contribution >= 0.6 is 27.7 Å². The predicted octanol–water partition coefficient (Wildman–Crippen LogP) is 4.30. The molecule has 1 heterocycles. The molecule has 0 N–H and O–H groups in total. The number of thioether (sulfide) groups is 1. The number of hydrogen-bond acceptors (Lipinski definition) is 9. The van der Waals surface area contributed by atoms with E-state index in [0.29, 0.717) is 16.0 Å². The predicted molar refractivity (Wildman–Crippen MR) is 107 cm³/mol. The second-order valence-corrected chi connectivity index (χ2v) is 7.32. The minimum Gasteiger partial charge on any atom is -0.493 e. The molecule has 150 valence electrons. The van der Waals surface area contributed by atoms with Gasteiger partial charge in [-0.2, -0.15) is 0 Å². The number of para-hydroxylation sites is 2. The fourth-order valence-electron chi connectivity index (χ4n) is 2.28. The van der Waals surface area contributed by atoms with Crippen molar-refractivity contribution in [2.24, 2.45) is 0 Å². The zero-order valence-electron chi connectivity index (χ0n) is 15.0. The topological polar surface area (TPSA) is 118 Å². The van der Waals surface area contributed by atoms with Crippen molar-refractivity contribution in [3.63, 3.8) is 0 Å². The van der Waals surface area contributed by atoms with E-state index in [1.54, 1.807) is 19.2 Å². The number of nitrogens with zero attached hydrogens (tertiary/aromatic N) is 3. The first-order valence-corrected chi connectivity index (χ1v) is 9.94. The van der Waals surface area contributed by atoms with Crippen molar-refractivity contribution in [1.29, 1.82) is 0 Å². The van der Waals surface area contributed by atoms with Crippen LogP contribution in [-0.2, 0) is 6.61 Å². The second-order valence-electron chi connectivity index (χ2n) is 5.53. The number of benzene rings is 2. The van der Waals surface area contributed by atoms with Crippen molar-refractivity contribution in [2.45, 2.75) is 11.8 Å². The van der Waals surface area contributed by atoms with Crippen LogP contribution in [0.4, 0.5) is 5.69 Å². The third kappa shape index (κ3) is 5.33. The number of aromatic nitrogens is 2. The van der Waals surface area contributed by atoms with Gasteiger partial charge in [-0.1, -0.05) is 39.8 Å². The molecule has 0 aliphatic carbocycles. The molecule has 0 unspecified atom stereocenters. The van der Waals surface area contributed by atoms with Gasteiger partial charge >= 0.3 is 0 Å². The molecule has 0 saturated heterocycles. The molecule has 3 rings (SSSR count). The van der Waals surface area contributed by atoms with Crippen LogP contribution in [0.5, 0.6) is 11.5 Å². The molecule has 9 nitrogen and oxygen atoms in total. The van der Waals surface area contributed by atoms with Crippen molar-refractivity contribution < 1.29 is 23.6 Å². The summed E-state index contributed by atoms with van der Waals surface area (Å²) in [4.78, 5) is 22.7. The SMILES string of the molecule is COc1ccccc1OCc1nnc(SCC(=O)c2cc([N+](=O)[O-])ccc2Br)o1. The Bertz CT molecular complexity index is 1040. The highest BCUT2D eigenvalue weighted by molar-refractivity contribution is 9.10. The standard InChI is InChI=1S/C18H14BrN3O6S/c1-26-15-4-2-3-5-16(15)27-9-17-20-21-18(28-17)29-10-14(23)12-8-11(22(24)25)6-7-13(12)19/h2-8H,9-10H2,1H3. The van der Waals surface area contributed by atoms with Crippen molar-refractivity contribution in [3.8, 4) is 11.5 Å². The molecule has 0 bridgehead atoms. The second kappa shape index (κ2) is 9.52. The van der Waals surface area contributed by atoms with Gasteiger partial charge in [0.05, 0.1) is 17.8 Å². The minimum absolute atomic E-state index is 0.0191.